The zero-order valence-corrected chi connectivity index (χ0v) is 18.0. The highest BCUT2D eigenvalue weighted by atomic mass is 32.2. The third-order valence-electron chi connectivity index (χ3n) is 6.11. The van der Waals surface area contributed by atoms with E-state index in [1.165, 1.54) is 6.92 Å². The van der Waals surface area contributed by atoms with Crippen molar-refractivity contribution in [2.45, 2.75) is 69.9 Å². The Morgan fingerprint density at radius 3 is 2.57 bits per heavy atom. The van der Waals surface area contributed by atoms with Gasteiger partial charge in [0.25, 0.3) is 0 Å². The Balaban J connectivity index is 1.56. The molecule has 0 aromatic heterocycles. The number of carbonyl (C=O) groups is 1. The Labute approximate surface area is 169 Å². The van der Waals surface area contributed by atoms with Crippen molar-refractivity contribution in [1.29, 1.82) is 0 Å². The molecule has 0 saturated carbocycles. The molecule has 0 radical (unpaired) electrons. The summed E-state index contributed by atoms with van der Waals surface area (Å²) in [5.74, 6) is 0.495. The molecule has 1 heterocycles. The molecular weight excluding hydrogens is 374 g/mol. The summed E-state index contributed by atoms with van der Waals surface area (Å²) in [5.41, 5.74) is 2.05. The Morgan fingerprint density at radius 1 is 1.21 bits per heavy atom. The van der Waals surface area contributed by atoms with E-state index in [1.54, 1.807) is 12.1 Å². The van der Waals surface area contributed by atoms with Gasteiger partial charge in [-0.25, -0.2) is 13.1 Å². The SMILES string of the molecule is CC(=O)N[C@@H]1CCc2ccc(S(=O)(=O)NCCC3CCN(C(C)C)CC3)cc21. The van der Waals surface area contributed by atoms with Gasteiger partial charge in [-0.2, -0.15) is 0 Å². The first-order valence-corrected chi connectivity index (χ1v) is 11.9. The van der Waals surface area contributed by atoms with Gasteiger partial charge in [0.2, 0.25) is 15.9 Å². The molecule has 2 N–H and O–H groups in total. The van der Waals surface area contributed by atoms with Crippen LogP contribution in [0.5, 0.6) is 0 Å². The van der Waals surface area contributed by atoms with Crippen LogP contribution in [0, 0.1) is 5.92 Å². The Bertz CT molecular complexity index is 799. The molecule has 1 amide bonds. The number of hydrogen-bond donors (Lipinski definition) is 2. The molecule has 0 unspecified atom stereocenters. The second kappa shape index (κ2) is 8.93. The number of benzene rings is 1. The lowest BCUT2D eigenvalue weighted by Gasteiger charge is -2.34. The number of piperidine rings is 1. The summed E-state index contributed by atoms with van der Waals surface area (Å²) in [6.45, 7) is 8.62. The summed E-state index contributed by atoms with van der Waals surface area (Å²) < 4.78 is 28.2. The fraction of sp³-hybridized carbons (Fsp3) is 0.667. The number of aryl methyl sites for hydroxylation is 1. The van der Waals surface area contributed by atoms with Gasteiger partial charge in [0, 0.05) is 19.5 Å². The molecule has 2 aliphatic rings. The van der Waals surface area contributed by atoms with Crippen molar-refractivity contribution in [3.8, 4) is 0 Å². The first-order valence-electron chi connectivity index (χ1n) is 10.4. The van der Waals surface area contributed by atoms with E-state index in [1.807, 2.05) is 6.07 Å². The third kappa shape index (κ3) is 5.13. The van der Waals surface area contributed by atoms with Crippen molar-refractivity contribution < 1.29 is 13.2 Å². The molecule has 1 atom stereocenters. The summed E-state index contributed by atoms with van der Waals surface area (Å²) in [7, 11) is -3.53. The maximum atomic E-state index is 12.7. The lowest BCUT2D eigenvalue weighted by molar-refractivity contribution is -0.119. The van der Waals surface area contributed by atoms with Gasteiger partial charge in [0.15, 0.2) is 0 Å². The molecule has 1 aromatic carbocycles. The quantitative estimate of drug-likeness (QED) is 0.728. The first kappa shape index (κ1) is 21.3. The molecule has 7 heteroatoms. The van der Waals surface area contributed by atoms with Crippen molar-refractivity contribution in [1.82, 2.24) is 14.9 Å². The number of hydrogen-bond acceptors (Lipinski definition) is 4. The molecule has 1 aliphatic heterocycles. The lowest BCUT2D eigenvalue weighted by Crippen LogP contribution is -2.39. The van der Waals surface area contributed by atoms with Crippen LogP contribution in [0.15, 0.2) is 23.1 Å². The van der Waals surface area contributed by atoms with Crippen LogP contribution >= 0.6 is 0 Å². The van der Waals surface area contributed by atoms with Crippen molar-refractivity contribution >= 4 is 15.9 Å². The molecule has 156 valence electrons. The number of sulfonamides is 1. The average molecular weight is 408 g/mol. The van der Waals surface area contributed by atoms with E-state index in [4.69, 9.17) is 0 Å². The van der Waals surface area contributed by atoms with Gasteiger partial charge in [-0.05, 0) is 88.2 Å². The largest absolute Gasteiger partial charge is 0.350 e. The average Bonchev–Trinajstić information content (AvgIpc) is 3.03. The Kier molecular flexibility index (Phi) is 6.78. The van der Waals surface area contributed by atoms with Crippen molar-refractivity contribution in [2.75, 3.05) is 19.6 Å². The fourth-order valence-electron chi connectivity index (χ4n) is 4.38. The number of carbonyl (C=O) groups excluding carboxylic acids is 1. The van der Waals surface area contributed by atoms with Gasteiger partial charge in [-0.1, -0.05) is 6.07 Å². The highest BCUT2D eigenvalue weighted by Gasteiger charge is 2.26. The van der Waals surface area contributed by atoms with Crippen LogP contribution in [-0.2, 0) is 21.2 Å². The van der Waals surface area contributed by atoms with Crippen LogP contribution < -0.4 is 10.0 Å². The molecule has 1 saturated heterocycles. The molecule has 1 fully saturated rings. The number of nitrogens with zero attached hydrogens (tertiary/aromatic N) is 1. The Morgan fingerprint density at radius 2 is 1.93 bits per heavy atom. The molecule has 3 rings (SSSR count). The van der Waals surface area contributed by atoms with Crippen LogP contribution in [0.4, 0.5) is 0 Å². The summed E-state index contributed by atoms with van der Waals surface area (Å²) in [4.78, 5) is 14.2. The molecule has 28 heavy (non-hydrogen) atoms. The van der Waals surface area contributed by atoms with Crippen molar-refractivity contribution in [2.24, 2.45) is 5.92 Å². The van der Waals surface area contributed by atoms with Crippen LogP contribution in [0.2, 0.25) is 0 Å². The van der Waals surface area contributed by atoms with E-state index in [-0.39, 0.29) is 16.8 Å². The Hall–Kier alpha value is -1.44. The number of likely N-dealkylation sites (tertiary alicyclic amines) is 1. The predicted octanol–water partition coefficient (Wildman–Crippen LogP) is 2.60. The molecule has 1 aliphatic carbocycles. The van der Waals surface area contributed by atoms with E-state index in [9.17, 15) is 13.2 Å². The fourth-order valence-corrected chi connectivity index (χ4v) is 5.46. The second-order valence-electron chi connectivity index (χ2n) is 8.41. The predicted molar refractivity (Wildman–Crippen MR) is 111 cm³/mol. The van der Waals surface area contributed by atoms with E-state index < -0.39 is 10.0 Å². The van der Waals surface area contributed by atoms with E-state index in [0.717, 1.165) is 56.3 Å². The van der Waals surface area contributed by atoms with Crippen LogP contribution in [0.1, 0.15) is 63.6 Å². The molecule has 0 bridgehead atoms. The van der Waals surface area contributed by atoms with Crippen LogP contribution in [-0.4, -0.2) is 44.9 Å². The number of nitrogens with one attached hydrogen (secondary N) is 2. The highest BCUT2D eigenvalue weighted by Crippen LogP contribution is 2.32. The molecular formula is C21H33N3O3S. The zero-order valence-electron chi connectivity index (χ0n) is 17.2. The monoisotopic (exact) mass is 407 g/mol. The van der Waals surface area contributed by atoms with E-state index in [2.05, 4.69) is 28.8 Å². The van der Waals surface area contributed by atoms with Crippen LogP contribution in [0.25, 0.3) is 0 Å². The van der Waals surface area contributed by atoms with E-state index >= 15 is 0 Å². The maximum Gasteiger partial charge on any atom is 0.240 e. The first-order chi connectivity index (χ1) is 13.3. The number of rotatable bonds is 7. The molecule has 1 aromatic rings. The second-order valence-corrected chi connectivity index (χ2v) is 10.2. The van der Waals surface area contributed by atoms with Crippen molar-refractivity contribution in [3.05, 3.63) is 29.3 Å². The van der Waals surface area contributed by atoms with Gasteiger partial charge in [0.1, 0.15) is 0 Å². The van der Waals surface area contributed by atoms with Crippen molar-refractivity contribution in [3.63, 3.8) is 0 Å². The minimum Gasteiger partial charge on any atom is -0.350 e. The summed E-state index contributed by atoms with van der Waals surface area (Å²) in [5, 5.41) is 2.92. The number of fused-ring (bicyclic) bond motifs is 1. The van der Waals surface area contributed by atoms with Gasteiger partial charge in [-0.15, -0.1) is 0 Å². The maximum absolute atomic E-state index is 12.7. The standard InChI is InChI=1S/C21H33N3O3S/c1-15(2)24-12-9-17(10-13-24)8-11-22-28(26,27)19-6-4-18-5-7-21(20(18)14-19)23-16(3)25/h4,6,14-15,17,21-22H,5,7-13H2,1-3H3,(H,23,25)/t21-/m1/s1. The van der Waals surface area contributed by atoms with Gasteiger partial charge < -0.3 is 10.2 Å². The van der Waals surface area contributed by atoms with Gasteiger partial charge in [-0.3, -0.25) is 4.79 Å². The molecule has 0 spiro atoms. The zero-order chi connectivity index (χ0) is 20.3. The lowest BCUT2D eigenvalue weighted by atomic mass is 9.93. The number of amides is 1. The van der Waals surface area contributed by atoms with Gasteiger partial charge >= 0.3 is 0 Å². The summed E-state index contributed by atoms with van der Waals surface area (Å²) in [6, 6.07) is 5.78. The van der Waals surface area contributed by atoms with E-state index in [0.29, 0.717) is 18.5 Å². The highest BCUT2D eigenvalue weighted by molar-refractivity contribution is 7.89. The normalized spacial score (nSPS) is 21.1. The minimum atomic E-state index is -3.53. The third-order valence-corrected chi connectivity index (χ3v) is 7.57. The minimum absolute atomic E-state index is 0.0891. The smallest absolute Gasteiger partial charge is 0.240 e. The summed E-state index contributed by atoms with van der Waals surface area (Å²) >= 11 is 0. The van der Waals surface area contributed by atoms with Crippen LogP contribution in [0.3, 0.4) is 0 Å². The summed E-state index contributed by atoms with van der Waals surface area (Å²) in [6.07, 6.45) is 4.84. The molecule has 6 nitrogen and oxygen atoms in total. The van der Waals surface area contributed by atoms with Gasteiger partial charge in [0.05, 0.1) is 10.9 Å². The topological polar surface area (TPSA) is 78.5 Å².